The molecule has 0 atom stereocenters. The number of aromatic nitrogens is 3. The minimum Gasteiger partial charge on any atom is -0.366 e. The Labute approximate surface area is 150 Å². The van der Waals surface area contributed by atoms with Crippen molar-refractivity contribution in [3.05, 3.63) is 59.8 Å². The molecule has 0 saturated carbocycles. The highest BCUT2D eigenvalue weighted by Gasteiger charge is 2.32. The number of likely N-dealkylation sites (N-methyl/N-ethyl adjacent to an activating group) is 1. The maximum atomic E-state index is 11.7. The van der Waals surface area contributed by atoms with Crippen LogP contribution in [0.25, 0.3) is 22.2 Å². The summed E-state index contributed by atoms with van der Waals surface area (Å²) >= 11 is 0. The van der Waals surface area contributed by atoms with Crippen LogP contribution in [-0.4, -0.2) is 51.9 Å². The standard InChI is InChI=1S/C19H19N5O2/c1-3-18(26)23(2)14-10-24(11-14)13-6-15-16(9-22-19(15)21-8-13)12-4-5-17(25)20-7-12/h3-9,14H,1,10-11H2,2H3,(H,20,25)(H,21,22). The number of nitrogens with zero attached hydrogens (tertiary/aromatic N) is 3. The maximum absolute atomic E-state index is 11.7. The van der Waals surface area contributed by atoms with E-state index in [1.165, 1.54) is 12.1 Å². The van der Waals surface area contributed by atoms with Crippen LogP contribution in [0.4, 0.5) is 5.69 Å². The highest BCUT2D eigenvalue weighted by molar-refractivity contribution is 5.95. The first kappa shape index (κ1) is 16.1. The molecule has 4 rings (SSSR count). The van der Waals surface area contributed by atoms with Gasteiger partial charge in [-0.2, -0.15) is 0 Å². The van der Waals surface area contributed by atoms with E-state index >= 15 is 0 Å². The summed E-state index contributed by atoms with van der Waals surface area (Å²) in [7, 11) is 1.80. The zero-order valence-electron chi connectivity index (χ0n) is 14.4. The molecular formula is C19H19N5O2. The predicted octanol–water partition coefficient (Wildman–Crippen LogP) is 1.75. The Bertz CT molecular complexity index is 1030. The van der Waals surface area contributed by atoms with E-state index in [2.05, 4.69) is 32.5 Å². The van der Waals surface area contributed by atoms with Gasteiger partial charge in [-0.05, 0) is 18.2 Å². The van der Waals surface area contributed by atoms with Gasteiger partial charge in [0.2, 0.25) is 11.5 Å². The fraction of sp³-hybridized carbons (Fsp3) is 0.211. The molecule has 0 spiro atoms. The van der Waals surface area contributed by atoms with Crippen molar-refractivity contribution in [1.29, 1.82) is 0 Å². The third-order valence-corrected chi connectivity index (χ3v) is 4.91. The fourth-order valence-corrected chi connectivity index (χ4v) is 3.22. The molecule has 1 fully saturated rings. The number of carbonyl (C=O) groups excluding carboxylic acids is 1. The summed E-state index contributed by atoms with van der Waals surface area (Å²) in [5, 5.41) is 0.994. The molecule has 7 heteroatoms. The van der Waals surface area contributed by atoms with Gasteiger partial charge in [0.05, 0.1) is 17.9 Å². The van der Waals surface area contributed by atoms with Crippen LogP contribution in [-0.2, 0) is 4.79 Å². The van der Waals surface area contributed by atoms with Crippen molar-refractivity contribution in [2.24, 2.45) is 0 Å². The molecule has 1 saturated heterocycles. The van der Waals surface area contributed by atoms with Gasteiger partial charge < -0.3 is 19.8 Å². The Morgan fingerprint density at radius 3 is 2.85 bits per heavy atom. The molecule has 26 heavy (non-hydrogen) atoms. The van der Waals surface area contributed by atoms with Crippen molar-refractivity contribution in [3.8, 4) is 11.1 Å². The highest BCUT2D eigenvalue weighted by Crippen LogP contribution is 2.31. The molecule has 0 bridgehead atoms. The molecule has 0 radical (unpaired) electrons. The summed E-state index contributed by atoms with van der Waals surface area (Å²) in [4.78, 5) is 37.3. The second kappa shape index (κ2) is 6.18. The van der Waals surface area contributed by atoms with Crippen LogP contribution in [0, 0.1) is 0 Å². The largest absolute Gasteiger partial charge is 0.366 e. The van der Waals surface area contributed by atoms with Crippen molar-refractivity contribution in [1.82, 2.24) is 19.9 Å². The van der Waals surface area contributed by atoms with Crippen molar-refractivity contribution >= 4 is 22.6 Å². The van der Waals surface area contributed by atoms with E-state index < -0.39 is 0 Å². The number of nitrogens with one attached hydrogen (secondary N) is 2. The SMILES string of the molecule is C=CC(=O)N(C)C1CN(c2cnc3[nH]cc(-c4ccc(=O)[nH]c4)c3c2)C1. The van der Waals surface area contributed by atoms with E-state index in [0.717, 1.165) is 40.9 Å². The molecule has 3 aromatic heterocycles. The normalized spacial score (nSPS) is 14.3. The van der Waals surface area contributed by atoms with Gasteiger partial charge in [-0.15, -0.1) is 0 Å². The van der Waals surface area contributed by atoms with Gasteiger partial charge in [-0.1, -0.05) is 6.58 Å². The molecule has 0 aromatic carbocycles. The summed E-state index contributed by atoms with van der Waals surface area (Å²) in [5.74, 6) is -0.0609. The first-order chi connectivity index (χ1) is 12.6. The van der Waals surface area contributed by atoms with Crippen LogP contribution in [0.5, 0.6) is 0 Å². The topological polar surface area (TPSA) is 85.1 Å². The second-order valence-corrected chi connectivity index (χ2v) is 6.45. The van der Waals surface area contributed by atoms with Crippen LogP contribution in [0.15, 0.2) is 54.2 Å². The van der Waals surface area contributed by atoms with Gasteiger partial charge >= 0.3 is 0 Å². The van der Waals surface area contributed by atoms with E-state index in [9.17, 15) is 9.59 Å². The van der Waals surface area contributed by atoms with Crippen LogP contribution in [0.2, 0.25) is 0 Å². The van der Waals surface area contributed by atoms with Crippen LogP contribution in [0.3, 0.4) is 0 Å². The smallest absolute Gasteiger partial charge is 0.247 e. The van der Waals surface area contributed by atoms with E-state index in [4.69, 9.17) is 0 Å². The number of aromatic amines is 2. The average molecular weight is 349 g/mol. The first-order valence-corrected chi connectivity index (χ1v) is 8.37. The number of amides is 1. The lowest BCUT2D eigenvalue weighted by Crippen LogP contribution is -2.59. The number of pyridine rings is 2. The van der Waals surface area contributed by atoms with Crippen molar-refractivity contribution in [2.75, 3.05) is 25.0 Å². The van der Waals surface area contributed by atoms with Gasteiger partial charge in [0.15, 0.2) is 0 Å². The van der Waals surface area contributed by atoms with Crippen molar-refractivity contribution in [2.45, 2.75) is 6.04 Å². The average Bonchev–Trinajstić information content (AvgIpc) is 3.03. The summed E-state index contributed by atoms with van der Waals surface area (Å²) in [5.41, 5.74) is 3.59. The zero-order valence-corrected chi connectivity index (χ0v) is 14.4. The Balaban J connectivity index is 1.60. The molecule has 0 unspecified atom stereocenters. The number of rotatable bonds is 4. The minimum atomic E-state index is -0.128. The fourth-order valence-electron chi connectivity index (χ4n) is 3.22. The zero-order chi connectivity index (χ0) is 18.3. The summed E-state index contributed by atoms with van der Waals surface area (Å²) in [6, 6.07) is 5.58. The Morgan fingerprint density at radius 1 is 1.35 bits per heavy atom. The van der Waals surface area contributed by atoms with E-state index in [1.54, 1.807) is 24.2 Å². The van der Waals surface area contributed by atoms with Gasteiger partial charge in [0, 0.05) is 55.1 Å². The molecule has 3 aromatic rings. The lowest BCUT2D eigenvalue weighted by atomic mass is 10.0. The molecule has 1 amide bonds. The third kappa shape index (κ3) is 2.67. The Hall–Kier alpha value is -3.35. The van der Waals surface area contributed by atoms with Gasteiger partial charge in [-0.25, -0.2) is 4.98 Å². The number of anilines is 1. The molecular weight excluding hydrogens is 330 g/mol. The molecule has 2 N–H and O–H groups in total. The first-order valence-electron chi connectivity index (χ1n) is 8.37. The van der Waals surface area contributed by atoms with E-state index in [1.807, 2.05) is 12.4 Å². The minimum absolute atomic E-state index is 0.0609. The Morgan fingerprint density at radius 2 is 2.15 bits per heavy atom. The van der Waals surface area contributed by atoms with Gasteiger partial charge in [0.25, 0.3) is 0 Å². The predicted molar refractivity (Wildman–Crippen MR) is 101 cm³/mol. The number of carbonyl (C=O) groups is 1. The van der Waals surface area contributed by atoms with Crippen molar-refractivity contribution in [3.63, 3.8) is 0 Å². The molecule has 0 aliphatic carbocycles. The van der Waals surface area contributed by atoms with Gasteiger partial charge in [-0.3, -0.25) is 9.59 Å². The molecule has 1 aliphatic rings. The van der Waals surface area contributed by atoms with Crippen LogP contribution >= 0.6 is 0 Å². The number of hydrogen-bond acceptors (Lipinski definition) is 4. The summed E-state index contributed by atoms with van der Waals surface area (Å²) in [6.07, 6.45) is 6.77. The lowest BCUT2D eigenvalue weighted by molar-refractivity contribution is -0.127. The molecule has 4 heterocycles. The molecule has 1 aliphatic heterocycles. The van der Waals surface area contributed by atoms with Crippen LogP contribution < -0.4 is 10.5 Å². The van der Waals surface area contributed by atoms with E-state index in [-0.39, 0.29) is 17.5 Å². The number of hydrogen-bond donors (Lipinski definition) is 2. The quantitative estimate of drug-likeness (QED) is 0.703. The van der Waals surface area contributed by atoms with Gasteiger partial charge in [0.1, 0.15) is 5.65 Å². The Kier molecular flexibility index (Phi) is 3.84. The third-order valence-electron chi connectivity index (χ3n) is 4.91. The summed E-state index contributed by atoms with van der Waals surface area (Å²) < 4.78 is 0. The van der Waals surface area contributed by atoms with Crippen LogP contribution in [0.1, 0.15) is 0 Å². The van der Waals surface area contributed by atoms with Crippen molar-refractivity contribution < 1.29 is 4.79 Å². The maximum Gasteiger partial charge on any atom is 0.247 e. The number of fused-ring (bicyclic) bond motifs is 1. The lowest BCUT2D eigenvalue weighted by Gasteiger charge is -2.45. The summed E-state index contributed by atoms with van der Waals surface area (Å²) in [6.45, 7) is 5.06. The molecule has 7 nitrogen and oxygen atoms in total. The number of H-pyrrole nitrogens is 2. The molecule has 132 valence electrons. The highest BCUT2D eigenvalue weighted by atomic mass is 16.2. The monoisotopic (exact) mass is 349 g/mol. The second-order valence-electron chi connectivity index (χ2n) is 6.45. The van der Waals surface area contributed by atoms with E-state index in [0.29, 0.717) is 0 Å².